The van der Waals surface area contributed by atoms with E-state index >= 15 is 0 Å². The number of carbonyl (C=O) groups is 2. The molecule has 3 rings (SSSR count). The maximum Gasteiger partial charge on any atom is 0.387 e. The van der Waals surface area contributed by atoms with Gasteiger partial charge >= 0.3 is 6.61 Å². The number of halogens is 3. The zero-order valence-electron chi connectivity index (χ0n) is 14.8. The quantitative estimate of drug-likeness (QED) is 0.721. The van der Waals surface area contributed by atoms with Gasteiger partial charge in [-0.05, 0) is 48.9 Å². The van der Waals surface area contributed by atoms with Gasteiger partial charge < -0.3 is 20.3 Å². The van der Waals surface area contributed by atoms with E-state index in [0.29, 0.717) is 24.3 Å². The molecule has 0 atom stereocenters. The number of carbonyl (C=O) groups excluding carboxylic acids is 2. The second-order valence-electron chi connectivity index (χ2n) is 6.12. The van der Waals surface area contributed by atoms with Crippen molar-refractivity contribution in [1.82, 2.24) is 0 Å². The second kappa shape index (κ2) is 8.88. The highest BCUT2D eigenvalue weighted by Gasteiger charge is 2.21. The summed E-state index contributed by atoms with van der Waals surface area (Å²) in [6, 6.07) is 11.2. The molecule has 2 aromatic rings. The molecule has 0 unspecified atom stereocenters. The average molecular weight is 410 g/mol. The maximum atomic E-state index is 12.2. The third-order valence-corrected chi connectivity index (χ3v) is 4.43. The summed E-state index contributed by atoms with van der Waals surface area (Å²) >= 11 is 5.87. The molecule has 6 nitrogen and oxygen atoms in total. The molecule has 0 bridgehead atoms. The van der Waals surface area contributed by atoms with E-state index in [1.165, 1.54) is 18.2 Å². The molecule has 0 aliphatic carbocycles. The summed E-state index contributed by atoms with van der Waals surface area (Å²) < 4.78 is 28.7. The molecule has 28 heavy (non-hydrogen) atoms. The zero-order chi connectivity index (χ0) is 20.1. The number of alkyl halides is 2. The Bertz CT molecular complexity index is 862. The van der Waals surface area contributed by atoms with E-state index in [0.717, 1.165) is 12.1 Å². The molecule has 2 amide bonds. The highest BCUT2D eigenvalue weighted by molar-refractivity contribution is 6.32. The first-order valence-corrected chi connectivity index (χ1v) is 8.98. The highest BCUT2D eigenvalue weighted by atomic mass is 35.5. The molecule has 1 fully saturated rings. The van der Waals surface area contributed by atoms with Crippen LogP contribution in [0.5, 0.6) is 5.75 Å². The molecule has 1 aliphatic rings. The molecular formula is C19H18ClF2N3O3. The van der Waals surface area contributed by atoms with E-state index in [4.69, 9.17) is 11.6 Å². The number of anilines is 3. The Hall–Kier alpha value is -2.87. The Labute approximate surface area is 165 Å². The smallest absolute Gasteiger partial charge is 0.387 e. The minimum atomic E-state index is -2.96. The van der Waals surface area contributed by atoms with Crippen LogP contribution in [-0.4, -0.2) is 31.5 Å². The third-order valence-electron chi connectivity index (χ3n) is 4.14. The Kier molecular flexibility index (Phi) is 6.30. The lowest BCUT2D eigenvalue weighted by Gasteiger charge is -2.16. The van der Waals surface area contributed by atoms with Gasteiger partial charge in [0, 0.05) is 30.0 Å². The Morgan fingerprint density at radius 3 is 2.50 bits per heavy atom. The van der Waals surface area contributed by atoms with Gasteiger partial charge in [-0.2, -0.15) is 8.78 Å². The topological polar surface area (TPSA) is 70.7 Å². The lowest BCUT2D eigenvalue weighted by molar-refractivity contribution is -0.117. The average Bonchev–Trinajstić information content (AvgIpc) is 3.08. The first-order chi connectivity index (χ1) is 13.4. The minimum Gasteiger partial charge on any atom is -0.433 e. The van der Waals surface area contributed by atoms with Crippen molar-refractivity contribution in [3.63, 3.8) is 0 Å². The molecule has 9 heteroatoms. The number of benzene rings is 2. The van der Waals surface area contributed by atoms with Crippen LogP contribution in [0.1, 0.15) is 12.8 Å². The van der Waals surface area contributed by atoms with E-state index < -0.39 is 6.61 Å². The molecular weight excluding hydrogens is 392 g/mol. The summed E-state index contributed by atoms with van der Waals surface area (Å²) in [5.41, 5.74) is 1.89. The second-order valence-corrected chi connectivity index (χ2v) is 6.53. The van der Waals surface area contributed by atoms with Crippen LogP contribution in [0.3, 0.4) is 0 Å². The van der Waals surface area contributed by atoms with Crippen molar-refractivity contribution in [1.29, 1.82) is 0 Å². The lowest BCUT2D eigenvalue weighted by atomic mass is 10.2. The number of hydrogen-bond acceptors (Lipinski definition) is 4. The van der Waals surface area contributed by atoms with Crippen molar-refractivity contribution in [2.45, 2.75) is 19.5 Å². The van der Waals surface area contributed by atoms with Crippen LogP contribution in [0.4, 0.5) is 25.8 Å². The fourth-order valence-electron chi connectivity index (χ4n) is 2.84. The molecule has 0 radical (unpaired) electrons. The number of nitrogens with one attached hydrogen (secondary N) is 2. The minimum absolute atomic E-state index is 0.0118. The molecule has 2 aromatic carbocycles. The van der Waals surface area contributed by atoms with Gasteiger partial charge in [-0.3, -0.25) is 9.59 Å². The van der Waals surface area contributed by atoms with Crippen LogP contribution in [0, 0.1) is 0 Å². The third kappa shape index (κ3) is 5.10. The maximum absolute atomic E-state index is 12.2. The van der Waals surface area contributed by atoms with Crippen molar-refractivity contribution < 1.29 is 23.1 Å². The van der Waals surface area contributed by atoms with Crippen molar-refractivity contribution in [2.75, 3.05) is 28.6 Å². The number of nitrogens with zero attached hydrogens (tertiary/aromatic N) is 1. The highest BCUT2D eigenvalue weighted by Crippen LogP contribution is 2.29. The normalized spacial score (nSPS) is 13.7. The van der Waals surface area contributed by atoms with E-state index in [-0.39, 0.29) is 29.1 Å². The van der Waals surface area contributed by atoms with Gasteiger partial charge in [0.1, 0.15) is 5.75 Å². The predicted octanol–water partition coefficient (Wildman–Crippen LogP) is 4.12. The molecule has 0 saturated carbocycles. The first kappa shape index (κ1) is 19.9. The van der Waals surface area contributed by atoms with E-state index in [1.807, 2.05) is 0 Å². The molecule has 1 aliphatic heterocycles. The summed E-state index contributed by atoms with van der Waals surface area (Å²) in [6.07, 6.45) is 1.41. The summed E-state index contributed by atoms with van der Waals surface area (Å²) in [5, 5.41) is 5.60. The van der Waals surface area contributed by atoms with Crippen LogP contribution >= 0.6 is 11.6 Å². The summed E-state index contributed by atoms with van der Waals surface area (Å²) in [4.78, 5) is 25.6. The van der Waals surface area contributed by atoms with Gasteiger partial charge in [-0.25, -0.2) is 0 Å². The summed E-state index contributed by atoms with van der Waals surface area (Å²) in [7, 11) is 0. The van der Waals surface area contributed by atoms with Crippen LogP contribution < -0.4 is 20.3 Å². The summed E-state index contributed by atoms with van der Waals surface area (Å²) in [6.45, 7) is -2.30. The monoisotopic (exact) mass is 409 g/mol. The zero-order valence-corrected chi connectivity index (χ0v) is 15.5. The predicted molar refractivity (Wildman–Crippen MR) is 103 cm³/mol. The van der Waals surface area contributed by atoms with Gasteiger partial charge in [-0.1, -0.05) is 11.6 Å². The molecule has 1 heterocycles. The van der Waals surface area contributed by atoms with Crippen LogP contribution in [-0.2, 0) is 9.59 Å². The Balaban J connectivity index is 1.51. The molecule has 0 spiro atoms. The molecule has 148 valence electrons. The number of rotatable bonds is 7. The van der Waals surface area contributed by atoms with Gasteiger partial charge in [0.25, 0.3) is 0 Å². The number of hydrogen-bond donors (Lipinski definition) is 2. The van der Waals surface area contributed by atoms with Crippen molar-refractivity contribution in [3.05, 3.63) is 47.5 Å². The van der Waals surface area contributed by atoms with E-state index in [2.05, 4.69) is 15.4 Å². The summed E-state index contributed by atoms with van der Waals surface area (Å²) in [5.74, 6) is -0.332. The van der Waals surface area contributed by atoms with Crippen LogP contribution in [0.25, 0.3) is 0 Å². The number of ether oxygens (including phenoxy) is 1. The van der Waals surface area contributed by atoms with Gasteiger partial charge in [0.15, 0.2) is 0 Å². The lowest BCUT2D eigenvalue weighted by Crippen LogP contribution is -2.24. The fraction of sp³-hybridized carbons (Fsp3) is 0.263. The van der Waals surface area contributed by atoms with Crippen LogP contribution in [0.2, 0.25) is 5.02 Å². The van der Waals surface area contributed by atoms with Gasteiger partial charge in [0.05, 0.1) is 11.6 Å². The van der Waals surface area contributed by atoms with Crippen molar-refractivity contribution >= 4 is 40.5 Å². The Morgan fingerprint density at radius 1 is 1.18 bits per heavy atom. The van der Waals surface area contributed by atoms with E-state index in [1.54, 1.807) is 29.2 Å². The largest absolute Gasteiger partial charge is 0.433 e. The van der Waals surface area contributed by atoms with Gasteiger partial charge in [0.2, 0.25) is 11.8 Å². The SMILES string of the molecule is O=C(CNc1ccc(OC(F)F)c(Cl)c1)Nc1ccc(N2CCCC2=O)cc1. The Morgan fingerprint density at radius 2 is 1.89 bits per heavy atom. The first-order valence-electron chi connectivity index (χ1n) is 8.61. The molecule has 1 saturated heterocycles. The molecule has 0 aromatic heterocycles. The standard InChI is InChI=1S/C19H18ClF2N3O3/c20-15-10-13(5-8-16(15)28-19(21)22)23-11-17(26)24-12-3-6-14(7-4-12)25-9-1-2-18(25)27/h3-8,10,19,23H,1-2,9,11H2,(H,24,26). The van der Waals surface area contributed by atoms with Crippen molar-refractivity contribution in [3.8, 4) is 5.75 Å². The van der Waals surface area contributed by atoms with E-state index in [9.17, 15) is 18.4 Å². The fourth-order valence-corrected chi connectivity index (χ4v) is 3.06. The van der Waals surface area contributed by atoms with Gasteiger partial charge in [-0.15, -0.1) is 0 Å². The molecule has 2 N–H and O–H groups in total. The van der Waals surface area contributed by atoms with Crippen molar-refractivity contribution in [2.24, 2.45) is 0 Å². The number of amides is 2. The van der Waals surface area contributed by atoms with Crippen LogP contribution in [0.15, 0.2) is 42.5 Å².